The standard InChI is InChI=1S/C11H17NO2/c1-8(2)14-10-5-3-4-9(6-10)11(12)7-13/h3-6,8,11,13H,7,12H2,1-2H3/t11-/m0/s1. The van der Waals surface area contributed by atoms with Crippen molar-refractivity contribution < 1.29 is 9.84 Å². The van der Waals surface area contributed by atoms with E-state index in [0.29, 0.717) is 0 Å². The molecule has 0 aliphatic heterocycles. The molecule has 0 aliphatic carbocycles. The van der Waals surface area contributed by atoms with Crippen LogP contribution in [0.1, 0.15) is 25.5 Å². The Balaban J connectivity index is 2.78. The molecule has 0 amide bonds. The Bertz CT molecular complexity index is 286. The first-order chi connectivity index (χ1) is 6.63. The van der Waals surface area contributed by atoms with E-state index in [-0.39, 0.29) is 18.8 Å². The van der Waals surface area contributed by atoms with Gasteiger partial charge < -0.3 is 15.6 Å². The average Bonchev–Trinajstić information content (AvgIpc) is 2.16. The fourth-order valence-electron chi connectivity index (χ4n) is 1.20. The first-order valence-corrected chi connectivity index (χ1v) is 4.76. The van der Waals surface area contributed by atoms with Crippen LogP contribution < -0.4 is 10.5 Å². The highest BCUT2D eigenvalue weighted by atomic mass is 16.5. The average molecular weight is 195 g/mol. The van der Waals surface area contributed by atoms with Gasteiger partial charge in [0.2, 0.25) is 0 Å². The third-order valence-electron chi connectivity index (χ3n) is 1.85. The van der Waals surface area contributed by atoms with Crippen LogP contribution in [0.5, 0.6) is 5.75 Å². The minimum absolute atomic E-state index is 0.0505. The van der Waals surface area contributed by atoms with Crippen LogP contribution in [-0.2, 0) is 0 Å². The summed E-state index contributed by atoms with van der Waals surface area (Å²) in [4.78, 5) is 0. The first-order valence-electron chi connectivity index (χ1n) is 4.76. The molecule has 0 radical (unpaired) electrons. The Hall–Kier alpha value is -1.06. The maximum atomic E-state index is 8.90. The summed E-state index contributed by atoms with van der Waals surface area (Å²) in [5.41, 5.74) is 6.58. The number of aliphatic hydroxyl groups is 1. The fraction of sp³-hybridized carbons (Fsp3) is 0.455. The molecule has 14 heavy (non-hydrogen) atoms. The number of hydrogen-bond acceptors (Lipinski definition) is 3. The summed E-state index contributed by atoms with van der Waals surface area (Å²) < 4.78 is 5.51. The van der Waals surface area contributed by atoms with Gasteiger partial charge in [0.05, 0.1) is 18.8 Å². The van der Waals surface area contributed by atoms with Gasteiger partial charge in [0.15, 0.2) is 0 Å². The van der Waals surface area contributed by atoms with Crippen LogP contribution in [0.25, 0.3) is 0 Å². The highest BCUT2D eigenvalue weighted by Gasteiger charge is 2.05. The molecule has 78 valence electrons. The number of aliphatic hydroxyl groups excluding tert-OH is 1. The number of hydrogen-bond donors (Lipinski definition) is 2. The molecular weight excluding hydrogens is 178 g/mol. The van der Waals surface area contributed by atoms with E-state index >= 15 is 0 Å². The van der Waals surface area contributed by atoms with E-state index < -0.39 is 0 Å². The van der Waals surface area contributed by atoms with Gasteiger partial charge in [-0.2, -0.15) is 0 Å². The van der Waals surface area contributed by atoms with Gasteiger partial charge >= 0.3 is 0 Å². The monoisotopic (exact) mass is 195 g/mol. The van der Waals surface area contributed by atoms with Gasteiger partial charge in [0.1, 0.15) is 5.75 Å². The largest absolute Gasteiger partial charge is 0.491 e. The number of nitrogens with two attached hydrogens (primary N) is 1. The molecule has 0 aliphatic rings. The van der Waals surface area contributed by atoms with Crippen molar-refractivity contribution in [1.82, 2.24) is 0 Å². The van der Waals surface area contributed by atoms with Crippen LogP contribution >= 0.6 is 0 Å². The summed E-state index contributed by atoms with van der Waals surface area (Å²) in [5, 5.41) is 8.90. The second-order valence-corrected chi connectivity index (χ2v) is 3.53. The lowest BCUT2D eigenvalue weighted by atomic mass is 10.1. The lowest BCUT2D eigenvalue weighted by molar-refractivity contribution is 0.241. The highest BCUT2D eigenvalue weighted by Crippen LogP contribution is 2.18. The summed E-state index contributed by atoms with van der Waals surface area (Å²) in [6.07, 6.45) is 0.149. The number of benzene rings is 1. The van der Waals surface area contributed by atoms with Crippen molar-refractivity contribution >= 4 is 0 Å². The molecule has 0 bridgehead atoms. The molecule has 0 unspecified atom stereocenters. The van der Waals surface area contributed by atoms with Crippen LogP contribution in [0.15, 0.2) is 24.3 Å². The summed E-state index contributed by atoms with van der Waals surface area (Å²) >= 11 is 0. The van der Waals surface area contributed by atoms with E-state index in [9.17, 15) is 0 Å². The van der Waals surface area contributed by atoms with E-state index in [1.165, 1.54) is 0 Å². The third-order valence-corrected chi connectivity index (χ3v) is 1.85. The topological polar surface area (TPSA) is 55.5 Å². The van der Waals surface area contributed by atoms with Gasteiger partial charge in [0, 0.05) is 0 Å². The molecule has 1 aromatic carbocycles. The predicted molar refractivity (Wildman–Crippen MR) is 56.2 cm³/mol. The van der Waals surface area contributed by atoms with Crippen molar-refractivity contribution in [3.63, 3.8) is 0 Å². The molecular formula is C11H17NO2. The van der Waals surface area contributed by atoms with Crippen LogP contribution in [0.4, 0.5) is 0 Å². The molecule has 3 nitrogen and oxygen atoms in total. The molecule has 0 heterocycles. The van der Waals surface area contributed by atoms with Gasteiger partial charge in [-0.1, -0.05) is 12.1 Å². The van der Waals surface area contributed by atoms with Crippen LogP contribution in [-0.4, -0.2) is 17.8 Å². The van der Waals surface area contributed by atoms with Gasteiger partial charge in [0.25, 0.3) is 0 Å². The van der Waals surface area contributed by atoms with Crippen LogP contribution in [0.3, 0.4) is 0 Å². The summed E-state index contributed by atoms with van der Waals surface area (Å²) in [5.74, 6) is 0.793. The number of ether oxygens (including phenoxy) is 1. The molecule has 0 saturated carbocycles. The Morgan fingerprint density at radius 3 is 2.71 bits per heavy atom. The molecule has 0 saturated heterocycles. The van der Waals surface area contributed by atoms with Gasteiger partial charge in [-0.15, -0.1) is 0 Å². The maximum absolute atomic E-state index is 8.90. The summed E-state index contributed by atoms with van der Waals surface area (Å²) in [7, 11) is 0. The minimum Gasteiger partial charge on any atom is -0.491 e. The maximum Gasteiger partial charge on any atom is 0.120 e. The SMILES string of the molecule is CC(C)Oc1cccc([C@@H](N)CO)c1. The minimum atomic E-state index is -0.328. The van der Waals surface area contributed by atoms with Crippen molar-refractivity contribution in [2.75, 3.05) is 6.61 Å². The Morgan fingerprint density at radius 2 is 2.14 bits per heavy atom. The first kappa shape index (κ1) is 11.0. The lowest BCUT2D eigenvalue weighted by Crippen LogP contribution is -2.14. The molecule has 3 heteroatoms. The van der Waals surface area contributed by atoms with E-state index in [1.54, 1.807) is 0 Å². The Labute approximate surface area is 84.5 Å². The molecule has 1 rings (SSSR count). The zero-order chi connectivity index (χ0) is 10.6. The molecule has 1 atom stereocenters. The van der Waals surface area contributed by atoms with E-state index in [1.807, 2.05) is 38.1 Å². The normalized spacial score (nSPS) is 12.9. The lowest BCUT2D eigenvalue weighted by Gasteiger charge is -2.13. The zero-order valence-corrected chi connectivity index (χ0v) is 8.60. The second kappa shape index (κ2) is 4.98. The van der Waals surface area contributed by atoms with E-state index in [2.05, 4.69) is 0 Å². The fourth-order valence-corrected chi connectivity index (χ4v) is 1.20. The quantitative estimate of drug-likeness (QED) is 0.764. The molecule has 3 N–H and O–H groups in total. The summed E-state index contributed by atoms with van der Waals surface area (Å²) in [6.45, 7) is 3.89. The predicted octanol–water partition coefficient (Wildman–Crippen LogP) is 1.47. The van der Waals surface area contributed by atoms with Gasteiger partial charge in [-0.05, 0) is 31.5 Å². The molecule has 0 aromatic heterocycles. The van der Waals surface area contributed by atoms with Crippen molar-refractivity contribution in [2.45, 2.75) is 26.0 Å². The highest BCUT2D eigenvalue weighted by molar-refractivity contribution is 5.30. The molecule has 0 spiro atoms. The second-order valence-electron chi connectivity index (χ2n) is 3.53. The van der Waals surface area contributed by atoms with Crippen LogP contribution in [0.2, 0.25) is 0 Å². The summed E-state index contributed by atoms with van der Waals surface area (Å²) in [6, 6.07) is 7.18. The van der Waals surface area contributed by atoms with Gasteiger partial charge in [-0.3, -0.25) is 0 Å². The van der Waals surface area contributed by atoms with E-state index in [4.69, 9.17) is 15.6 Å². The Morgan fingerprint density at radius 1 is 1.43 bits per heavy atom. The van der Waals surface area contributed by atoms with Crippen molar-refractivity contribution in [3.8, 4) is 5.75 Å². The van der Waals surface area contributed by atoms with Crippen molar-refractivity contribution in [1.29, 1.82) is 0 Å². The smallest absolute Gasteiger partial charge is 0.120 e. The zero-order valence-electron chi connectivity index (χ0n) is 8.60. The van der Waals surface area contributed by atoms with Crippen molar-refractivity contribution in [2.24, 2.45) is 5.73 Å². The molecule has 1 aromatic rings. The van der Waals surface area contributed by atoms with E-state index in [0.717, 1.165) is 11.3 Å². The van der Waals surface area contributed by atoms with Gasteiger partial charge in [-0.25, -0.2) is 0 Å². The third kappa shape index (κ3) is 3.01. The Kier molecular flexibility index (Phi) is 3.92. The van der Waals surface area contributed by atoms with Crippen LogP contribution in [0, 0.1) is 0 Å². The number of rotatable bonds is 4. The van der Waals surface area contributed by atoms with Crippen molar-refractivity contribution in [3.05, 3.63) is 29.8 Å². The molecule has 0 fully saturated rings.